The van der Waals surface area contributed by atoms with Gasteiger partial charge in [0.15, 0.2) is 0 Å². The van der Waals surface area contributed by atoms with Crippen molar-refractivity contribution in [2.24, 2.45) is 0 Å². The fourth-order valence-corrected chi connectivity index (χ4v) is 4.97. The van der Waals surface area contributed by atoms with Gasteiger partial charge in [-0.2, -0.15) is 0 Å². The SMILES string of the molecule is Cc1ccc(N(Cc2ccccc2C)C2=CC=CC=CC2)c(C)c1.Cc1ccc(NC2=CC=CC=CC2)c(C)c1.[2H]CF. The number of alkyl halides is 1. The average Bonchev–Trinajstić information content (AvgIpc) is 3.41. The lowest BCUT2D eigenvalue weighted by atomic mass is 10.0. The van der Waals surface area contributed by atoms with Crippen molar-refractivity contribution in [3.63, 3.8) is 0 Å². The number of aryl methyl sites for hydroxylation is 5. The average molecular weight is 562 g/mol. The Hall–Kier alpha value is -4.37. The van der Waals surface area contributed by atoms with Crippen LogP contribution in [0.15, 0.2) is 133 Å². The number of allylic oxidation sites excluding steroid dienone is 10. The van der Waals surface area contributed by atoms with Gasteiger partial charge in [0, 0.05) is 42.2 Å². The molecule has 2 aliphatic rings. The number of hydrogen-bond acceptors (Lipinski definition) is 2. The fraction of sp³-hybridized carbons (Fsp3) is 0.231. The minimum Gasteiger partial charge on any atom is -0.358 e. The van der Waals surface area contributed by atoms with Gasteiger partial charge in [0.2, 0.25) is 0 Å². The quantitative estimate of drug-likeness (QED) is 0.322. The van der Waals surface area contributed by atoms with Crippen LogP contribution in [0.1, 0.15) is 47.6 Å². The number of benzene rings is 3. The highest BCUT2D eigenvalue weighted by molar-refractivity contribution is 5.60. The van der Waals surface area contributed by atoms with Gasteiger partial charge in [0.1, 0.15) is 0 Å². The minimum atomic E-state index is -1.00. The van der Waals surface area contributed by atoms with Gasteiger partial charge in [-0.05, 0) is 81.2 Å². The summed E-state index contributed by atoms with van der Waals surface area (Å²) in [5, 5.41) is 3.47. The monoisotopic (exact) mass is 561 g/mol. The first-order chi connectivity index (χ1) is 20.8. The Balaban J connectivity index is 0.000000230. The second kappa shape index (κ2) is 16.8. The van der Waals surface area contributed by atoms with E-state index in [1.807, 2.05) is 0 Å². The number of nitrogens with zero attached hydrogens (tertiary/aromatic N) is 1. The van der Waals surface area contributed by atoms with Crippen LogP contribution in [0, 0.1) is 34.6 Å². The number of nitrogens with one attached hydrogen (secondary N) is 1. The molecule has 2 aliphatic carbocycles. The predicted octanol–water partition coefficient (Wildman–Crippen LogP) is 10.7. The van der Waals surface area contributed by atoms with E-state index in [1.54, 1.807) is 0 Å². The molecule has 3 aromatic carbocycles. The zero-order valence-corrected chi connectivity index (χ0v) is 25.7. The van der Waals surface area contributed by atoms with E-state index in [0.717, 1.165) is 19.4 Å². The molecule has 0 saturated carbocycles. The van der Waals surface area contributed by atoms with Crippen LogP contribution in [0.2, 0.25) is 0 Å². The van der Waals surface area contributed by atoms with Crippen LogP contribution in [0.5, 0.6) is 0 Å². The Morgan fingerprint density at radius 1 is 0.714 bits per heavy atom. The third kappa shape index (κ3) is 9.62. The highest BCUT2D eigenvalue weighted by atomic mass is 19.1. The topological polar surface area (TPSA) is 15.3 Å². The van der Waals surface area contributed by atoms with Gasteiger partial charge in [0.25, 0.3) is 0 Å². The van der Waals surface area contributed by atoms with Crippen LogP contribution in [0.4, 0.5) is 15.8 Å². The summed E-state index contributed by atoms with van der Waals surface area (Å²) in [4.78, 5) is 2.46. The van der Waals surface area contributed by atoms with Gasteiger partial charge in [-0.1, -0.05) is 108 Å². The van der Waals surface area contributed by atoms with Gasteiger partial charge in [-0.25, -0.2) is 0 Å². The smallest absolute Gasteiger partial charge is 0.0785 e. The largest absolute Gasteiger partial charge is 0.358 e. The molecule has 5 rings (SSSR count). The van der Waals surface area contributed by atoms with Gasteiger partial charge >= 0.3 is 0 Å². The normalized spacial score (nSPS) is 13.7. The number of rotatable bonds is 6. The summed E-state index contributed by atoms with van der Waals surface area (Å²) in [6.07, 6.45) is 23.2. The maximum atomic E-state index is 9.96. The van der Waals surface area contributed by atoms with E-state index in [1.165, 1.54) is 56.1 Å². The van der Waals surface area contributed by atoms with Crippen LogP contribution in [0.3, 0.4) is 0 Å². The second-order valence-corrected chi connectivity index (χ2v) is 10.6. The van der Waals surface area contributed by atoms with Crippen molar-refractivity contribution in [2.75, 3.05) is 17.4 Å². The first kappa shape index (κ1) is 30.6. The van der Waals surface area contributed by atoms with E-state index < -0.39 is 7.15 Å². The standard InChI is InChI=1S/C23H25N.C15H17N.CH3F/c1-18-14-15-23(20(3)16-18)24(22-12-6-4-5-7-13-22)17-21-11-9-8-10-19(21)2;1-12-9-10-15(13(2)11-12)16-14-7-5-3-4-6-8-14;1-2/h4-12,14-16H,13,17H2,1-3H3;3-7,9-11,16H,8H2,1-2H3;1H3/i;;1D. The zero-order chi connectivity index (χ0) is 31.0. The van der Waals surface area contributed by atoms with Crippen molar-refractivity contribution in [3.8, 4) is 0 Å². The van der Waals surface area contributed by atoms with E-state index in [2.05, 4.69) is 166 Å². The number of anilines is 2. The molecule has 218 valence electrons. The highest BCUT2D eigenvalue weighted by Gasteiger charge is 2.15. The molecule has 3 aromatic rings. The third-order valence-corrected chi connectivity index (χ3v) is 7.22. The Morgan fingerprint density at radius 2 is 1.36 bits per heavy atom. The fourth-order valence-electron chi connectivity index (χ4n) is 4.97. The van der Waals surface area contributed by atoms with E-state index in [-0.39, 0.29) is 0 Å². The molecule has 0 bridgehead atoms. The van der Waals surface area contributed by atoms with E-state index >= 15 is 0 Å². The van der Waals surface area contributed by atoms with Crippen molar-refractivity contribution in [1.29, 1.82) is 0 Å². The Kier molecular flexibility index (Phi) is 12.2. The molecule has 42 heavy (non-hydrogen) atoms. The zero-order valence-electron chi connectivity index (χ0n) is 26.7. The molecule has 0 aromatic heterocycles. The lowest BCUT2D eigenvalue weighted by molar-refractivity contribution is 0.636. The highest BCUT2D eigenvalue weighted by Crippen LogP contribution is 2.29. The molecule has 0 atom stereocenters. The van der Waals surface area contributed by atoms with Gasteiger partial charge in [-0.15, -0.1) is 0 Å². The minimum absolute atomic E-state index is 0.893. The Bertz CT molecular complexity index is 1520. The lowest BCUT2D eigenvalue weighted by Crippen LogP contribution is -2.23. The molecule has 1 N–H and O–H groups in total. The van der Waals surface area contributed by atoms with Crippen molar-refractivity contribution >= 4 is 11.4 Å². The summed E-state index contributed by atoms with van der Waals surface area (Å²) in [6.45, 7) is 11.7. The molecular weight excluding hydrogens is 515 g/mol. The Morgan fingerprint density at radius 3 is 2.05 bits per heavy atom. The number of hydrogen-bond donors (Lipinski definition) is 1. The summed E-state index contributed by atoms with van der Waals surface area (Å²) in [7, 11) is -1.00. The van der Waals surface area contributed by atoms with Crippen molar-refractivity contribution in [2.45, 2.75) is 54.0 Å². The molecule has 0 amide bonds. The number of halogens is 1. The molecule has 0 aliphatic heterocycles. The summed E-state index contributed by atoms with van der Waals surface area (Å²) in [6, 6.07) is 21.9. The van der Waals surface area contributed by atoms with Crippen molar-refractivity contribution in [3.05, 3.63) is 166 Å². The molecule has 0 unspecified atom stereocenters. The lowest BCUT2D eigenvalue weighted by Gasteiger charge is -2.29. The summed E-state index contributed by atoms with van der Waals surface area (Å²) in [5.41, 5.74) is 13.0. The molecule has 2 nitrogen and oxygen atoms in total. The van der Waals surface area contributed by atoms with Gasteiger partial charge < -0.3 is 10.2 Å². The van der Waals surface area contributed by atoms with Crippen LogP contribution < -0.4 is 10.2 Å². The summed E-state index contributed by atoms with van der Waals surface area (Å²) in [5.74, 6) is 0. The molecule has 0 saturated heterocycles. The maximum Gasteiger partial charge on any atom is 0.0785 e. The van der Waals surface area contributed by atoms with Crippen LogP contribution >= 0.6 is 0 Å². The summed E-state index contributed by atoms with van der Waals surface area (Å²) >= 11 is 0. The van der Waals surface area contributed by atoms with Crippen LogP contribution in [-0.4, -0.2) is 7.15 Å². The van der Waals surface area contributed by atoms with Crippen LogP contribution in [-0.2, 0) is 6.54 Å². The van der Waals surface area contributed by atoms with Gasteiger partial charge in [0.05, 0.1) is 8.52 Å². The molecule has 0 fully saturated rings. The molecule has 0 radical (unpaired) electrons. The third-order valence-electron chi connectivity index (χ3n) is 7.22. The van der Waals surface area contributed by atoms with Crippen LogP contribution in [0.25, 0.3) is 0 Å². The van der Waals surface area contributed by atoms with Crippen molar-refractivity contribution in [1.82, 2.24) is 0 Å². The van der Waals surface area contributed by atoms with Crippen molar-refractivity contribution < 1.29 is 5.76 Å². The summed E-state index contributed by atoms with van der Waals surface area (Å²) < 4.78 is 15.5. The van der Waals surface area contributed by atoms with Gasteiger partial charge in [-0.3, -0.25) is 4.39 Å². The van der Waals surface area contributed by atoms with E-state index in [0.29, 0.717) is 0 Å². The first-order valence-electron chi connectivity index (χ1n) is 15.2. The first-order valence-corrected chi connectivity index (χ1v) is 14.5. The Labute approximate surface area is 254 Å². The molecule has 3 heteroatoms. The molecule has 0 heterocycles. The maximum absolute atomic E-state index is 9.96. The molecular formula is C39H45FN2. The molecule has 0 spiro atoms. The van der Waals surface area contributed by atoms with E-state index in [9.17, 15) is 4.39 Å². The predicted molar refractivity (Wildman–Crippen MR) is 182 cm³/mol. The van der Waals surface area contributed by atoms with E-state index in [4.69, 9.17) is 1.37 Å². The second-order valence-electron chi connectivity index (χ2n) is 10.6.